The van der Waals surface area contributed by atoms with Crippen molar-refractivity contribution in [2.75, 3.05) is 13.6 Å². The Labute approximate surface area is 169 Å². The summed E-state index contributed by atoms with van der Waals surface area (Å²) in [7, 11) is 1.78. The SMILES string of the molecule is CCCCN(C)C(=O)Cn1cnc2sc(C)c(-c3ccc(C)c(C)c3)c2c1=O. The third kappa shape index (κ3) is 3.87. The predicted molar refractivity (Wildman–Crippen MR) is 116 cm³/mol. The average Bonchev–Trinajstić information content (AvgIpc) is 3.01. The van der Waals surface area contributed by atoms with Gasteiger partial charge in [-0.1, -0.05) is 31.5 Å². The number of aryl methyl sites for hydroxylation is 3. The zero-order chi connectivity index (χ0) is 20.4. The molecule has 0 saturated heterocycles. The topological polar surface area (TPSA) is 55.2 Å². The second-order valence-corrected chi connectivity index (χ2v) is 8.56. The van der Waals surface area contributed by atoms with Gasteiger partial charge in [-0.25, -0.2) is 4.98 Å². The van der Waals surface area contributed by atoms with Crippen molar-refractivity contribution in [1.82, 2.24) is 14.5 Å². The molecule has 0 saturated carbocycles. The van der Waals surface area contributed by atoms with Crippen LogP contribution in [-0.4, -0.2) is 34.0 Å². The quantitative estimate of drug-likeness (QED) is 0.623. The normalized spacial score (nSPS) is 11.2. The Morgan fingerprint density at radius 1 is 1.21 bits per heavy atom. The Hall–Kier alpha value is -2.47. The zero-order valence-corrected chi connectivity index (χ0v) is 18.0. The highest BCUT2D eigenvalue weighted by atomic mass is 32.1. The highest BCUT2D eigenvalue weighted by molar-refractivity contribution is 7.19. The van der Waals surface area contributed by atoms with Gasteiger partial charge in [0.15, 0.2) is 0 Å². The van der Waals surface area contributed by atoms with Crippen LogP contribution >= 0.6 is 11.3 Å². The first kappa shape index (κ1) is 20.3. The molecule has 1 amide bonds. The number of carbonyl (C=O) groups excluding carboxylic acids is 1. The number of hydrogen-bond acceptors (Lipinski definition) is 4. The van der Waals surface area contributed by atoms with Gasteiger partial charge in [0.05, 0.1) is 11.7 Å². The van der Waals surface area contributed by atoms with E-state index in [0.717, 1.165) is 33.7 Å². The number of likely N-dealkylation sites (N-methyl/N-ethyl adjacent to an activating group) is 1. The van der Waals surface area contributed by atoms with Gasteiger partial charge >= 0.3 is 0 Å². The third-order valence-corrected chi connectivity index (χ3v) is 6.24. The van der Waals surface area contributed by atoms with Crippen LogP contribution in [0.5, 0.6) is 0 Å². The second kappa shape index (κ2) is 8.27. The smallest absolute Gasteiger partial charge is 0.263 e. The molecule has 2 aromatic heterocycles. The summed E-state index contributed by atoms with van der Waals surface area (Å²) in [6, 6.07) is 6.25. The molecular formula is C22H27N3O2S. The first-order valence-electron chi connectivity index (χ1n) is 9.63. The Bertz CT molecular complexity index is 1080. The maximum Gasteiger partial charge on any atom is 0.263 e. The maximum absolute atomic E-state index is 13.2. The van der Waals surface area contributed by atoms with Crippen molar-refractivity contribution in [2.45, 2.75) is 47.1 Å². The van der Waals surface area contributed by atoms with E-state index >= 15 is 0 Å². The van der Waals surface area contributed by atoms with Crippen LogP contribution in [-0.2, 0) is 11.3 Å². The molecule has 0 aliphatic rings. The summed E-state index contributed by atoms with van der Waals surface area (Å²) in [4.78, 5) is 33.6. The summed E-state index contributed by atoms with van der Waals surface area (Å²) in [5, 5.41) is 0.609. The van der Waals surface area contributed by atoms with Gasteiger partial charge in [-0.3, -0.25) is 14.2 Å². The van der Waals surface area contributed by atoms with E-state index in [1.54, 1.807) is 11.9 Å². The van der Waals surface area contributed by atoms with Gasteiger partial charge in [0.1, 0.15) is 11.4 Å². The van der Waals surface area contributed by atoms with Crippen molar-refractivity contribution >= 4 is 27.5 Å². The van der Waals surface area contributed by atoms with Crippen LogP contribution in [0.1, 0.15) is 35.8 Å². The molecule has 0 atom stereocenters. The summed E-state index contributed by atoms with van der Waals surface area (Å²) in [5.41, 5.74) is 4.21. The zero-order valence-electron chi connectivity index (χ0n) is 17.2. The fraction of sp³-hybridized carbons (Fsp3) is 0.409. The van der Waals surface area contributed by atoms with Gasteiger partial charge in [-0.15, -0.1) is 11.3 Å². The number of carbonyl (C=O) groups is 1. The Morgan fingerprint density at radius 3 is 2.64 bits per heavy atom. The minimum atomic E-state index is -0.153. The molecule has 0 aliphatic heterocycles. The Morgan fingerprint density at radius 2 is 1.96 bits per heavy atom. The number of unbranched alkanes of at least 4 members (excludes halogenated alkanes) is 1. The molecule has 0 N–H and O–H groups in total. The number of aromatic nitrogens is 2. The predicted octanol–water partition coefficient (Wildman–Crippen LogP) is 4.31. The van der Waals surface area contributed by atoms with Crippen LogP contribution in [0, 0.1) is 20.8 Å². The van der Waals surface area contributed by atoms with Crippen molar-refractivity contribution in [2.24, 2.45) is 0 Å². The van der Waals surface area contributed by atoms with E-state index in [9.17, 15) is 9.59 Å². The van der Waals surface area contributed by atoms with E-state index in [2.05, 4.69) is 44.0 Å². The standard InChI is InChI=1S/C22H27N3O2S/c1-6-7-10-24(5)18(26)12-25-13-23-21-20(22(25)27)19(16(4)28-21)17-9-8-14(2)15(3)11-17/h8-9,11,13H,6-7,10,12H2,1-5H3. The minimum Gasteiger partial charge on any atom is -0.344 e. The van der Waals surface area contributed by atoms with E-state index in [1.165, 1.54) is 33.4 Å². The molecule has 148 valence electrons. The van der Waals surface area contributed by atoms with Gasteiger partial charge in [0, 0.05) is 24.0 Å². The highest BCUT2D eigenvalue weighted by Crippen LogP contribution is 2.36. The number of hydrogen-bond donors (Lipinski definition) is 0. The minimum absolute atomic E-state index is 0.0171. The Balaban J connectivity index is 2.04. The van der Waals surface area contributed by atoms with Crippen molar-refractivity contribution < 1.29 is 4.79 Å². The van der Waals surface area contributed by atoms with Crippen LogP contribution < -0.4 is 5.56 Å². The molecule has 0 fully saturated rings. The summed E-state index contributed by atoms with van der Waals surface area (Å²) < 4.78 is 1.43. The number of fused-ring (bicyclic) bond motifs is 1. The molecule has 6 heteroatoms. The van der Waals surface area contributed by atoms with E-state index in [1.807, 2.05) is 6.92 Å². The van der Waals surface area contributed by atoms with Crippen molar-refractivity contribution in [3.05, 3.63) is 50.9 Å². The molecular weight excluding hydrogens is 370 g/mol. The van der Waals surface area contributed by atoms with Gasteiger partial charge in [-0.2, -0.15) is 0 Å². The second-order valence-electron chi connectivity index (χ2n) is 7.36. The number of thiophene rings is 1. The van der Waals surface area contributed by atoms with Gasteiger partial charge in [0.25, 0.3) is 5.56 Å². The first-order chi connectivity index (χ1) is 13.3. The lowest BCUT2D eigenvalue weighted by Crippen LogP contribution is -2.34. The first-order valence-corrected chi connectivity index (χ1v) is 10.4. The van der Waals surface area contributed by atoms with Crippen LogP contribution in [0.3, 0.4) is 0 Å². The van der Waals surface area contributed by atoms with Crippen LogP contribution in [0.2, 0.25) is 0 Å². The van der Waals surface area contributed by atoms with Gasteiger partial charge < -0.3 is 4.90 Å². The fourth-order valence-electron chi connectivity index (χ4n) is 3.28. The van der Waals surface area contributed by atoms with Gasteiger partial charge in [0.2, 0.25) is 5.91 Å². The molecule has 3 aromatic rings. The maximum atomic E-state index is 13.2. The van der Waals surface area contributed by atoms with Crippen molar-refractivity contribution in [3.63, 3.8) is 0 Å². The lowest BCUT2D eigenvalue weighted by atomic mass is 9.99. The monoisotopic (exact) mass is 397 g/mol. The Kier molecular flexibility index (Phi) is 5.98. The lowest BCUT2D eigenvalue weighted by molar-refractivity contribution is -0.130. The van der Waals surface area contributed by atoms with E-state index in [4.69, 9.17) is 0 Å². The lowest BCUT2D eigenvalue weighted by Gasteiger charge is -2.17. The number of amides is 1. The molecule has 0 unspecified atom stereocenters. The summed E-state index contributed by atoms with van der Waals surface area (Å²) >= 11 is 1.52. The fourth-order valence-corrected chi connectivity index (χ4v) is 4.28. The summed E-state index contributed by atoms with van der Waals surface area (Å²) in [6.07, 6.45) is 3.48. The molecule has 1 aromatic carbocycles. The third-order valence-electron chi connectivity index (χ3n) is 5.23. The largest absolute Gasteiger partial charge is 0.344 e. The van der Waals surface area contributed by atoms with Crippen molar-refractivity contribution in [1.29, 1.82) is 0 Å². The molecule has 0 bridgehead atoms. The van der Waals surface area contributed by atoms with E-state index < -0.39 is 0 Å². The van der Waals surface area contributed by atoms with Gasteiger partial charge in [-0.05, 0) is 43.9 Å². The molecule has 5 nitrogen and oxygen atoms in total. The van der Waals surface area contributed by atoms with Crippen molar-refractivity contribution in [3.8, 4) is 11.1 Å². The summed E-state index contributed by atoms with van der Waals surface area (Å²) in [5.74, 6) is -0.0728. The van der Waals surface area contributed by atoms with Crippen LogP contribution in [0.4, 0.5) is 0 Å². The molecule has 28 heavy (non-hydrogen) atoms. The van der Waals surface area contributed by atoms with Crippen LogP contribution in [0.25, 0.3) is 21.3 Å². The summed E-state index contributed by atoms with van der Waals surface area (Å²) in [6.45, 7) is 8.98. The molecule has 2 heterocycles. The number of nitrogens with zero attached hydrogens (tertiary/aromatic N) is 3. The van der Waals surface area contributed by atoms with E-state index in [-0.39, 0.29) is 18.0 Å². The number of rotatable bonds is 6. The highest BCUT2D eigenvalue weighted by Gasteiger charge is 2.19. The average molecular weight is 398 g/mol. The molecule has 0 radical (unpaired) electrons. The van der Waals surface area contributed by atoms with Crippen LogP contribution in [0.15, 0.2) is 29.3 Å². The van der Waals surface area contributed by atoms with E-state index in [0.29, 0.717) is 11.9 Å². The molecule has 0 aliphatic carbocycles. The number of benzene rings is 1. The molecule has 0 spiro atoms. The molecule has 3 rings (SSSR count).